The first-order valence-electron chi connectivity index (χ1n) is 6.03. The van der Waals surface area contributed by atoms with E-state index in [-0.39, 0.29) is 5.91 Å². The van der Waals surface area contributed by atoms with Gasteiger partial charge in [-0.05, 0) is 49.4 Å². The number of anilines is 1. The number of carbonyl (C=O) groups excluding carboxylic acids is 1. The van der Waals surface area contributed by atoms with Gasteiger partial charge in [-0.25, -0.2) is 0 Å². The lowest BCUT2D eigenvalue weighted by Crippen LogP contribution is -2.30. The summed E-state index contributed by atoms with van der Waals surface area (Å²) in [5.74, 6) is 0.422. The van der Waals surface area contributed by atoms with Crippen LogP contribution in [0.3, 0.4) is 0 Å². The lowest BCUT2D eigenvalue weighted by Gasteiger charge is -2.15. The van der Waals surface area contributed by atoms with Gasteiger partial charge in [-0.1, -0.05) is 33.6 Å². The molecule has 0 unspecified atom stereocenters. The maximum atomic E-state index is 12.0. The molecule has 2 aromatic carbocycles. The predicted molar refractivity (Wildman–Crippen MR) is 84.3 cm³/mol. The molecule has 2 rings (SSSR count). The molecule has 0 heterocycles. The number of rotatable bonds is 4. The minimum atomic E-state index is -0.597. The Kier molecular flexibility index (Phi) is 5.04. The summed E-state index contributed by atoms with van der Waals surface area (Å²) in [5.41, 5.74) is 0.684. The van der Waals surface area contributed by atoms with E-state index >= 15 is 0 Å². The zero-order valence-corrected chi connectivity index (χ0v) is 13.1. The second-order valence-corrected chi connectivity index (χ2v) is 5.57. The molecule has 104 valence electrons. The van der Waals surface area contributed by atoms with Crippen LogP contribution >= 0.6 is 27.5 Å². The van der Waals surface area contributed by atoms with E-state index in [4.69, 9.17) is 16.3 Å². The van der Waals surface area contributed by atoms with Crippen LogP contribution < -0.4 is 10.1 Å². The number of carbonyl (C=O) groups is 1. The topological polar surface area (TPSA) is 38.3 Å². The third-order valence-corrected chi connectivity index (χ3v) is 3.34. The third kappa shape index (κ3) is 4.25. The van der Waals surface area contributed by atoms with E-state index in [0.717, 1.165) is 4.47 Å². The highest BCUT2D eigenvalue weighted by Crippen LogP contribution is 2.19. The summed E-state index contributed by atoms with van der Waals surface area (Å²) in [6.45, 7) is 1.70. The van der Waals surface area contributed by atoms with Gasteiger partial charge in [0.2, 0.25) is 0 Å². The molecule has 1 amide bonds. The maximum Gasteiger partial charge on any atom is 0.265 e. The second kappa shape index (κ2) is 6.77. The Morgan fingerprint density at radius 1 is 1.25 bits per heavy atom. The summed E-state index contributed by atoms with van der Waals surface area (Å²) in [4.78, 5) is 12.0. The quantitative estimate of drug-likeness (QED) is 0.877. The monoisotopic (exact) mass is 353 g/mol. The normalized spacial score (nSPS) is 11.8. The minimum Gasteiger partial charge on any atom is -0.481 e. The summed E-state index contributed by atoms with van der Waals surface area (Å²) in [6, 6.07) is 14.3. The smallest absolute Gasteiger partial charge is 0.265 e. The van der Waals surface area contributed by atoms with Gasteiger partial charge in [0.05, 0.1) is 0 Å². The van der Waals surface area contributed by atoms with Crippen LogP contribution in [0.25, 0.3) is 0 Å². The van der Waals surface area contributed by atoms with Crippen LogP contribution in [-0.4, -0.2) is 12.0 Å². The molecule has 0 aliphatic heterocycles. The summed E-state index contributed by atoms with van der Waals surface area (Å²) < 4.78 is 6.49. The first-order chi connectivity index (χ1) is 9.54. The maximum absolute atomic E-state index is 12.0. The number of benzene rings is 2. The van der Waals surface area contributed by atoms with Gasteiger partial charge in [0.25, 0.3) is 5.91 Å². The number of hydrogen-bond acceptors (Lipinski definition) is 2. The number of hydrogen-bond donors (Lipinski definition) is 1. The Labute approximate surface area is 131 Å². The molecule has 0 saturated carbocycles. The Bertz CT molecular complexity index is 601. The van der Waals surface area contributed by atoms with E-state index in [1.165, 1.54) is 0 Å². The third-order valence-electron chi connectivity index (χ3n) is 2.59. The van der Waals surface area contributed by atoms with Crippen LogP contribution in [0.5, 0.6) is 5.75 Å². The van der Waals surface area contributed by atoms with E-state index in [2.05, 4.69) is 21.2 Å². The number of amides is 1. The summed E-state index contributed by atoms with van der Waals surface area (Å²) in [7, 11) is 0. The van der Waals surface area contributed by atoms with Gasteiger partial charge in [0.1, 0.15) is 5.75 Å². The zero-order valence-electron chi connectivity index (χ0n) is 10.8. The number of nitrogens with one attached hydrogen (secondary N) is 1. The van der Waals surface area contributed by atoms with Crippen molar-refractivity contribution in [2.24, 2.45) is 0 Å². The average molecular weight is 355 g/mol. The van der Waals surface area contributed by atoms with Gasteiger partial charge in [-0.2, -0.15) is 0 Å². The van der Waals surface area contributed by atoms with Crippen molar-refractivity contribution in [2.75, 3.05) is 5.32 Å². The molecule has 20 heavy (non-hydrogen) atoms. The van der Waals surface area contributed by atoms with E-state index in [1.54, 1.807) is 37.3 Å². The van der Waals surface area contributed by atoms with Crippen LogP contribution in [0.1, 0.15) is 6.92 Å². The van der Waals surface area contributed by atoms with E-state index < -0.39 is 6.10 Å². The molecule has 1 atom stereocenters. The molecule has 2 aromatic rings. The number of ether oxygens (including phenoxy) is 1. The molecule has 0 bridgehead atoms. The molecule has 0 spiro atoms. The highest BCUT2D eigenvalue weighted by atomic mass is 79.9. The molecule has 0 radical (unpaired) electrons. The van der Waals surface area contributed by atoms with Crippen molar-refractivity contribution in [1.82, 2.24) is 0 Å². The zero-order chi connectivity index (χ0) is 14.5. The van der Waals surface area contributed by atoms with Crippen molar-refractivity contribution >= 4 is 39.1 Å². The molecule has 1 N–H and O–H groups in total. The van der Waals surface area contributed by atoms with Crippen LogP contribution in [0.2, 0.25) is 5.02 Å². The summed E-state index contributed by atoms with van der Waals surface area (Å²) >= 11 is 9.15. The molecule has 5 heteroatoms. The standard InChI is InChI=1S/C15H13BrClNO2/c1-10(20-14-4-2-3-11(16)9-14)15(19)18-13-7-5-12(17)6-8-13/h2-10H,1H3,(H,18,19)/t10-/m0/s1. The van der Waals surface area contributed by atoms with Crippen LogP contribution in [0, 0.1) is 0 Å². The molecule has 0 aliphatic carbocycles. The van der Waals surface area contributed by atoms with Gasteiger partial charge >= 0.3 is 0 Å². The fourth-order valence-corrected chi connectivity index (χ4v) is 2.08. The van der Waals surface area contributed by atoms with E-state index in [9.17, 15) is 4.79 Å². The van der Waals surface area contributed by atoms with E-state index in [1.807, 2.05) is 18.2 Å². The summed E-state index contributed by atoms with van der Waals surface area (Å²) in [5, 5.41) is 3.40. The van der Waals surface area contributed by atoms with Crippen molar-refractivity contribution in [3.63, 3.8) is 0 Å². The molecule has 0 aliphatic rings. The highest BCUT2D eigenvalue weighted by molar-refractivity contribution is 9.10. The Morgan fingerprint density at radius 2 is 1.95 bits per heavy atom. The highest BCUT2D eigenvalue weighted by Gasteiger charge is 2.14. The van der Waals surface area contributed by atoms with Gasteiger partial charge in [0, 0.05) is 15.2 Å². The largest absolute Gasteiger partial charge is 0.481 e. The lowest BCUT2D eigenvalue weighted by molar-refractivity contribution is -0.122. The van der Waals surface area contributed by atoms with Crippen LogP contribution in [0.4, 0.5) is 5.69 Å². The Morgan fingerprint density at radius 3 is 2.60 bits per heavy atom. The molecule has 0 aromatic heterocycles. The molecule has 0 saturated heterocycles. The fraction of sp³-hybridized carbons (Fsp3) is 0.133. The minimum absolute atomic E-state index is 0.215. The molecule has 0 fully saturated rings. The lowest BCUT2D eigenvalue weighted by atomic mass is 10.3. The first-order valence-corrected chi connectivity index (χ1v) is 7.20. The van der Waals surface area contributed by atoms with Gasteiger partial charge in [-0.15, -0.1) is 0 Å². The molecule has 3 nitrogen and oxygen atoms in total. The van der Waals surface area contributed by atoms with Crippen molar-refractivity contribution in [1.29, 1.82) is 0 Å². The Hall–Kier alpha value is -1.52. The van der Waals surface area contributed by atoms with Crippen molar-refractivity contribution in [3.8, 4) is 5.75 Å². The van der Waals surface area contributed by atoms with Crippen LogP contribution in [0.15, 0.2) is 53.0 Å². The number of halogens is 2. The van der Waals surface area contributed by atoms with Crippen molar-refractivity contribution in [2.45, 2.75) is 13.0 Å². The predicted octanol–water partition coefficient (Wildman–Crippen LogP) is 4.51. The second-order valence-electron chi connectivity index (χ2n) is 4.21. The van der Waals surface area contributed by atoms with E-state index in [0.29, 0.717) is 16.5 Å². The molecular formula is C15H13BrClNO2. The Balaban J connectivity index is 1.96. The van der Waals surface area contributed by atoms with Gasteiger partial charge in [0.15, 0.2) is 6.10 Å². The average Bonchev–Trinajstić information content (AvgIpc) is 2.41. The first kappa shape index (κ1) is 14.9. The van der Waals surface area contributed by atoms with Crippen molar-refractivity contribution < 1.29 is 9.53 Å². The summed E-state index contributed by atoms with van der Waals surface area (Å²) in [6.07, 6.45) is -0.597. The fourth-order valence-electron chi connectivity index (χ4n) is 1.58. The SMILES string of the molecule is C[C@H](Oc1cccc(Br)c1)C(=O)Nc1ccc(Cl)cc1. The van der Waals surface area contributed by atoms with Crippen LogP contribution in [-0.2, 0) is 4.79 Å². The van der Waals surface area contributed by atoms with Crippen molar-refractivity contribution in [3.05, 3.63) is 58.0 Å². The molecular weight excluding hydrogens is 342 g/mol. The van der Waals surface area contributed by atoms with Gasteiger partial charge < -0.3 is 10.1 Å². The van der Waals surface area contributed by atoms with Gasteiger partial charge in [-0.3, -0.25) is 4.79 Å².